The highest BCUT2D eigenvalue weighted by Crippen LogP contribution is 2.21. The standard InChI is InChI=1S/C12H18N2O2/c1-9(14(3)12(15)13-2)10-5-7-11(16-4)8-6-10/h5-9H,1-4H3,(H,13,15). The number of benzene rings is 1. The molecule has 1 aromatic carbocycles. The third kappa shape index (κ3) is 2.66. The summed E-state index contributed by atoms with van der Waals surface area (Å²) in [4.78, 5) is 13.1. The zero-order valence-corrected chi connectivity index (χ0v) is 10.2. The lowest BCUT2D eigenvalue weighted by atomic mass is 10.1. The summed E-state index contributed by atoms with van der Waals surface area (Å²) in [7, 11) is 5.03. The fourth-order valence-electron chi connectivity index (χ4n) is 1.46. The van der Waals surface area contributed by atoms with Crippen LogP contribution in [0.15, 0.2) is 24.3 Å². The Kier molecular flexibility index (Phi) is 4.17. The van der Waals surface area contributed by atoms with Gasteiger partial charge in [-0.1, -0.05) is 12.1 Å². The van der Waals surface area contributed by atoms with Gasteiger partial charge in [0.15, 0.2) is 0 Å². The van der Waals surface area contributed by atoms with Crippen LogP contribution in [-0.2, 0) is 0 Å². The molecule has 16 heavy (non-hydrogen) atoms. The number of ether oxygens (including phenoxy) is 1. The van der Waals surface area contributed by atoms with E-state index in [1.165, 1.54) is 0 Å². The second-order valence-electron chi connectivity index (χ2n) is 3.62. The fraction of sp³-hybridized carbons (Fsp3) is 0.417. The Morgan fingerprint density at radius 2 is 1.94 bits per heavy atom. The van der Waals surface area contributed by atoms with Crippen molar-refractivity contribution in [2.24, 2.45) is 0 Å². The van der Waals surface area contributed by atoms with Crippen LogP contribution in [0.2, 0.25) is 0 Å². The Hall–Kier alpha value is -1.71. The van der Waals surface area contributed by atoms with E-state index in [1.807, 2.05) is 31.2 Å². The van der Waals surface area contributed by atoms with Crippen LogP contribution in [0.4, 0.5) is 4.79 Å². The van der Waals surface area contributed by atoms with Gasteiger partial charge in [-0.15, -0.1) is 0 Å². The number of methoxy groups -OCH3 is 1. The van der Waals surface area contributed by atoms with Gasteiger partial charge in [0.05, 0.1) is 13.2 Å². The molecule has 1 rings (SSSR count). The maximum Gasteiger partial charge on any atom is 0.317 e. The van der Waals surface area contributed by atoms with Crippen molar-refractivity contribution in [1.29, 1.82) is 0 Å². The summed E-state index contributed by atoms with van der Waals surface area (Å²) in [6.07, 6.45) is 0. The molecule has 0 bridgehead atoms. The van der Waals surface area contributed by atoms with Crippen LogP contribution in [0, 0.1) is 0 Å². The lowest BCUT2D eigenvalue weighted by Gasteiger charge is -2.24. The summed E-state index contributed by atoms with van der Waals surface area (Å²) < 4.78 is 5.09. The van der Waals surface area contributed by atoms with E-state index in [1.54, 1.807) is 26.1 Å². The van der Waals surface area contributed by atoms with E-state index < -0.39 is 0 Å². The Morgan fingerprint density at radius 3 is 2.38 bits per heavy atom. The largest absolute Gasteiger partial charge is 0.497 e. The first-order valence-corrected chi connectivity index (χ1v) is 5.18. The molecule has 0 aliphatic heterocycles. The van der Waals surface area contributed by atoms with E-state index in [2.05, 4.69) is 5.32 Å². The quantitative estimate of drug-likeness (QED) is 0.850. The van der Waals surface area contributed by atoms with Crippen LogP contribution < -0.4 is 10.1 Å². The van der Waals surface area contributed by atoms with Gasteiger partial charge in [-0.25, -0.2) is 4.79 Å². The Balaban J connectivity index is 2.79. The van der Waals surface area contributed by atoms with E-state index in [0.29, 0.717) is 0 Å². The van der Waals surface area contributed by atoms with Crippen LogP contribution in [0.25, 0.3) is 0 Å². The van der Waals surface area contributed by atoms with Crippen molar-refractivity contribution in [1.82, 2.24) is 10.2 Å². The topological polar surface area (TPSA) is 41.6 Å². The Morgan fingerprint density at radius 1 is 1.38 bits per heavy atom. The van der Waals surface area contributed by atoms with Crippen LogP contribution >= 0.6 is 0 Å². The molecule has 0 aromatic heterocycles. The molecule has 2 amide bonds. The first kappa shape index (κ1) is 12.4. The molecular formula is C12H18N2O2. The van der Waals surface area contributed by atoms with Crippen molar-refractivity contribution in [3.05, 3.63) is 29.8 Å². The maximum absolute atomic E-state index is 11.4. The number of amides is 2. The molecule has 0 spiro atoms. The Labute approximate surface area is 96.2 Å². The molecular weight excluding hydrogens is 204 g/mol. The molecule has 1 atom stereocenters. The van der Waals surface area contributed by atoms with Gasteiger partial charge in [0, 0.05) is 14.1 Å². The molecule has 0 aliphatic carbocycles. The number of carbonyl (C=O) groups excluding carboxylic acids is 1. The van der Waals surface area contributed by atoms with Crippen molar-refractivity contribution in [3.8, 4) is 5.75 Å². The average Bonchev–Trinajstić information content (AvgIpc) is 2.36. The SMILES string of the molecule is CNC(=O)N(C)C(C)c1ccc(OC)cc1. The first-order chi connectivity index (χ1) is 7.60. The summed E-state index contributed by atoms with van der Waals surface area (Å²) >= 11 is 0. The third-order valence-electron chi connectivity index (χ3n) is 2.71. The molecule has 0 heterocycles. The van der Waals surface area contributed by atoms with Gasteiger partial charge >= 0.3 is 6.03 Å². The smallest absolute Gasteiger partial charge is 0.317 e. The third-order valence-corrected chi connectivity index (χ3v) is 2.71. The van der Waals surface area contributed by atoms with Crippen molar-refractivity contribution in [3.63, 3.8) is 0 Å². The minimum atomic E-state index is -0.0941. The second kappa shape index (κ2) is 5.39. The van der Waals surface area contributed by atoms with E-state index >= 15 is 0 Å². The molecule has 0 aliphatic rings. The van der Waals surface area contributed by atoms with Crippen molar-refractivity contribution in [2.75, 3.05) is 21.2 Å². The summed E-state index contributed by atoms with van der Waals surface area (Å²) in [6.45, 7) is 1.98. The normalized spacial score (nSPS) is 11.8. The molecule has 0 fully saturated rings. The number of hydrogen-bond acceptors (Lipinski definition) is 2. The van der Waals surface area contributed by atoms with Crippen LogP contribution in [0.5, 0.6) is 5.75 Å². The second-order valence-corrected chi connectivity index (χ2v) is 3.62. The van der Waals surface area contributed by atoms with Crippen molar-refractivity contribution in [2.45, 2.75) is 13.0 Å². The highest BCUT2D eigenvalue weighted by Gasteiger charge is 2.15. The Bertz CT molecular complexity index is 349. The first-order valence-electron chi connectivity index (χ1n) is 5.18. The van der Waals surface area contributed by atoms with E-state index in [0.717, 1.165) is 11.3 Å². The van der Waals surface area contributed by atoms with E-state index in [9.17, 15) is 4.79 Å². The summed E-state index contributed by atoms with van der Waals surface area (Å²) in [5.41, 5.74) is 1.08. The monoisotopic (exact) mass is 222 g/mol. The number of hydrogen-bond donors (Lipinski definition) is 1. The summed E-state index contributed by atoms with van der Waals surface area (Å²) in [5.74, 6) is 0.818. The number of urea groups is 1. The van der Waals surface area contributed by atoms with E-state index in [-0.39, 0.29) is 12.1 Å². The van der Waals surface area contributed by atoms with Gasteiger partial charge < -0.3 is 15.0 Å². The van der Waals surface area contributed by atoms with Gasteiger partial charge in [0.1, 0.15) is 5.75 Å². The number of rotatable bonds is 3. The van der Waals surface area contributed by atoms with Gasteiger partial charge in [-0.05, 0) is 24.6 Å². The van der Waals surface area contributed by atoms with Crippen molar-refractivity contribution >= 4 is 6.03 Å². The van der Waals surface area contributed by atoms with E-state index in [4.69, 9.17) is 4.74 Å². The summed E-state index contributed by atoms with van der Waals surface area (Å²) in [5, 5.41) is 2.60. The number of nitrogens with zero attached hydrogens (tertiary/aromatic N) is 1. The number of nitrogens with one attached hydrogen (secondary N) is 1. The molecule has 1 unspecified atom stereocenters. The molecule has 0 saturated carbocycles. The molecule has 4 nitrogen and oxygen atoms in total. The van der Waals surface area contributed by atoms with Gasteiger partial charge in [0.2, 0.25) is 0 Å². The minimum Gasteiger partial charge on any atom is -0.497 e. The van der Waals surface area contributed by atoms with Gasteiger partial charge in [0.25, 0.3) is 0 Å². The molecule has 0 saturated heterocycles. The van der Waals surface area contributed by atoms with Crippen molar-refractivity contribution < 1.29 is 9.53 Å². The predicted octanol–water partition coefficient (Wildman–Crippen LogP) is 2.03. The molecule has 1 aromatic rings. The van der Waals surface area contributed by atoms with Crippen LogP contribution in [-0.4, -0.2) is 32.1 Å². The molecule has 1 N–H and O–H groups in total. The lowest BCUT2D eigenvalue weighted by Crippen LogP contribution is -2.36. The van der Waals surface area contributed by atoms with Crippen LogP contribution in [0.3, 0.4) is 0 Å². The zero-order valence-electron chi connectivity index (χ0n) is 10.2. The molecule has 88 valence electrons. The number of carbonyl (C=O) groups is 1. The average molecular weight is 222 g/mol. The highest BCUT2D eigenvalue weighted by molar-refractivity contribution is 5.74. The summed E-state index contributed by atoms with van der Waals surface area (Å²) in [6, 6.07) is 7.65. The van der Waals surface area contributed by atoms with Gasteiger partial charge in [-0.3, -0.25) is 0 Å². The zero-order chi connectivity index (χ0) is 12.1. The highest BCUT2D eigenvalue weighted by atomic mass is 16.5. The fourth-order valence-corrected chi connectivity index (χ4v) is 1.46. The molecule has 4 heteroatoms. The maximum atomic E-state index is 11.4. The van der Waals surface area contributed by atoms with Gasteiger partial charge in [-0.2, -0.15) is 0 Å². The predicted molar refractivity (Wildman–Crippen MR) is 63.6 cm³/mol. The lowest BCUT2D eigenvalue weighted by molar-refractivity contribution is 0.197. The molecule has 0 radical (unpaired) electrons. The van der Waals surface area contributed by atoms with Crippen LogP contribution in [0.1, 0.15) is 18.5 Å². The minimum absolute atomic E-state index is 0.0332.